The molecular formula is C13H19NO. The summed E-state index contributed by atoms with van der Waals surface area (Å²) in [4.78, 5) is 0. The molecule has 2 nitrogen and oxygen atoms in total. The van der Waals surface area contributed by atoms with Gasteiger partial charge in [-0.15, -0.1) is 0 Å². The van der Waals surface area contributed by atoms with Gasteiger partial charge in [0.25, 0.3) is 0 Å². The molecule has 0 unspecified atom stereocenters. The van der Waals surface area contributed by atoms with Crippen molar-refractivity contribution in [3.05, 3.63) is 29.3 Å². The molecule has 2 N–H and O–H groups in total. The predicted octanol–water partition coefficient (Wildman–Crippen LogP) is 2.77. The van der Waals surface area contributed by atoms with Crippen LogP contribution in [0.15, 0.2) is 18.2 Å². The molecule has 1 aliphatic rings. The summed E-state index contributed by atoms with van der Waals surface area (Å²) in [5.41, 5.74) is 2.41. The predicted molar refractivity (Wildman–Crippen MR) is 62.1 cm³/mol. The molecule has 1 saturated heterocycles. The van der Waals surface area contributed by atoms with E-state index in [4.69, 9.17) is 0 Å². The molecule has 82 valence electrons. The maximum absolute atomic E-state index is 9.82. The maximum Gasteiger partial charge on any atom is 0.120 e. The Morgan fingerprint density at radius 1 is 1.47 bits per heavy atom. The molecule has 1 atom stereocenters. The first-order valence-electron chi connectivity index (χ1n) is 5.86. The molecule has 0 aliphatic carbocycles. The normalized spacial score (nSPS) is 20.7. The van der Waals surface area contributed by atoms with Crippen LogP contribution in [0, 0.1) is 0 Å². The van der Waals surface area contributed by atoms with E-state index < -0.39 is 0 Å². The van der Waals surface area contributed by atoms with E-state index in [1.807, 2.05) is 12.1 Å². The molecule has 0 amide bonds. The van der Waals surface area contributed by atoms with Gasteiger partial charge in [-0.2, -0.15) is 0 Å². The molecule has 2 rings (SSSR count). The average molecular weight is 205 g/mol. The van der Waals surface area contributed by atoms with Gasteiger partial charge in [-0.3, -0.25) is 0 Å². The van der Waals surface area contributed by atoms with Crippen molar-refractivity contribution in [2.24, 2.45) is 0 Å². The highest BCUT2D eigenvalue weighted by Crippen LogP contribution is 2.31. The second-order valence-electron chi connectivity index (χ2n) is 4.29. The lowest BCUT2D eigenvalue weighted by Crippen LogP contribution is -2.13. The molecule has 0 radical (unpaired) electrons. The molecule has 1 aromatic carbocycles. The lowest BCUT2D eigenvalue weighted by atomic mass is 9.99. The summed E-state index contributed by atoms with van der Waals surface area (Å²) in [6.45, 7) is 3.25. The lowest BCUT2D eigenvalue weighted by Gasteiger charge is -2.14. The fourth-order valence-corrected chi connectivity index (χ4v) is 2.28. The third-order valence-electron chi connectivity index (χ3n) is 3.07. The fraction of sp³-hybridized carbons (Fsp3) is 0.538. The van der Waals surface area contributed by atoms with Gasteiger partial charge >= 0.3 is 0 Å². The Hall–Kier alpha value is -1.02. The van der Waals surface area contributed by atoms with Crippen molar-refractivity contribution in [3.63, 3.8) is 0 Å². The van der Waals surface area contributed by atoms with Gasteiger partial charge in [0, 0.05) is 11.6 Å². The number of aryl methyl sites for hydroxylation is 1. The first-order valence-corrected chi connectivity index (χ1v) is 5.86. The summed E-state index contributed by atoms with van der Waals surface area (Å²) in [7, 11) is 0. The van der Waals surface area contributed by atoms with Gasteiger partial charge < -0.3 is 10.4 Å². The number of benzene rings is 1. The van der Waals surface area contributed by atoms with E-state index >= 15 is 0 Å². The second kappa shape index (κ2) is 4.67. The SMILES string of the molecule is CCCc1ccc(O)c([C@H]2CCCN2)c1. The van der Waals surface area contributed by atoms with Crippen molar-refractivity contribution in [1.29, 1.82) is 0 Å². The minimum atomic E-state index is 0.363. The summed E-state index contributed by atoms with van der Waals surface area (Å²) >= 11 is 0. The summed E-state index contributed by atoms with van der Waals surface area (Å²) in [6.07, 6.45) is 4.60. The lowest BCUT2D eigenvalue weighted by molar-refractivity contribution is 0.456. The van der Waals surface area contributed by atoms with Crippen molar-refractivity contribution in [2.45, 2.75) is 38.6 Å². The molecule has 0 spiro atoms. The number of phenols is 1. The van der Waals surface area contributed by atoms with E-state index in [0.717, 1.165) is 31.4 Å². The molecule has 1 aromatic rings. The summed E-state index contributed by atoms with van der Waals surface area (Å²) in [5.74, 6) is 0.439. The van der Waals surface area contributed by atoms with Gasteiger partial charge in [0.1, 0.15) is 5.75 Å². The number of nitrogens with one attached hydrogen (secondary N) is 1. The number of rotatable bonds is 3. The van der Waals surface area contributed by atoms with Crippen LogP contribution in [0.5, 0.6) is 5.75 Å². The number of hydrogen-bond acceptors (Lipinski definition) is 2. The molecule has 1 aliphatic heterocycles. The molecule has 0 aromatic heterocycles. The highest BCUT2D eigenvalue weighted by Gasteiger charge is 2.19. The number of aromatic hydroxyl groups is 1. The summed E-state index contributed by atoms with van der Waals surface area (Å²) < 4.78 is 0. The van der Waals surface area contributed by atoms with Crippen LogP contribution in [-0.4, -0.2) is 11.7 Å². The van der Waals surface area contributed by atoms with Crippen molar-refractivity contribution in [3.8, 4) is 5.75 Å². The van der Waals surface area contributed by atoms with Crippen molar-refractivity contribution in [2.75, 3.05) is 6.54 Å². The van der Waals surface area contributed by atoms with Crippen LogP contribution in [0.3, 0.4) is 0 Å². The van der Waals surface area contributed by atoms with Crippen LogP contribution >= 0.6 is 0 Å². The molecule has 0 saturated carbocycles. The average Bonchev–Trinajstić information content (AvgIpc) is 2.74. The standard InChI is InChI=1S/C13H19NO/c1-2-4-10-6-7-13(15)11(9-10)12-5-3-8-14-12/h6-7,9,12,14-15H,2-5,8H2,1H3/t12-/m1/s1. The van der Waals surface area contributed by atoms with Crippen molar-refractivity contribution < 1.29 is 5.11 Å². The van der Waals surface area contributed by atoms with Gasteiger partial charge in [0.15, 0.2) is 0 Å². The first-order chi connectivity index (χ1) is 7.31. The van der Waals surface area contributed by atoms with Crippen LogP contribution in [0.1, 0.15) is 43.4 Å². The number of phenolic OH excluding ortho intramolecular Hbond substituents is 1. The highest BCUT2D eigenvalue weighted by atomic mass is 16.3. The molecule has 15 heavy (non-hydrogen) atoms. The summed E-state index contributed by atoms with van der Waals surface area (Å²) in [5, 5.41) is 13.2. The largest absolute Gasteiger partial charge is 0.508 e. The van der Waals surface area contributed by atoms with Gasteiger partial charge in [0.05, 0.1) is 0 Å². The van der Waals surface area contributed by atoms with Crippen LogP contribution in [0.4, 0.5) is 0 Å². The molecule has 0 bridgehead atoms. The van der Waals surface area contributed by atoms with Crippen LogP contribution < -0.4 is 5.32 Å². The number of hydrogen-bond donors (Lipinski definition) is 2. The van der Waals surface area contributed by atoms with E-state index in [2.05, 4.69) is 18.3 Å². The smallest absolute Gasteiger partial charge is 0.120 e. The molecule has 1 heterocycles. The van der Waals surface area contributed by atoms with Crippen molar-refractivity contribution >= 4 is 0 Å². The zero-order valence-corrected chi connectivity index (χ0v) is 9.29. The maximum atomic E-state index is 9.82. The Balaban J connectivity index is 2.23. The zero-order chi connectivity index (χ0) is 10.7. The van der Waals surface area contributed by atoms with Gasteiger partial charge in [-0.05, 0) is 37.4 Å². The molecular weight excluding hydrogens is 186 g/mol. The minimum Gasteiger partial charge on any atom is -0.508 e. The Labute approximate surface area is 91.3 Å². The topological polar surface area (TPSA) is 32.3 Å². The van der Waals surface area contributed by atoms with E-state index in [-0.39, 0.29) is 0 Å². The summed E-state index contributed by atoms with van der Waals surface area (Å²) in [6, 6.07) is 6.38. The highest BCUT2D eigenvalue weighted by molar-refractivity contribution is 5.38. The van der Waals surface area contributed by atoms with E-state index in [9.17, 15) is 5.11 Å². The van der Waals surface area contributed by atoms with E-state index in [0.29, 0.717) is 11.8 Å². The Morgan fingerprint density at radius 3 is 3.00 bits per heavy atom. The van der Waals surface area contributed by atoms with E-state index in [1.54, 1.807) is 0 Å². The molecule has 1 fully saturated rings. The second-order valence-corrected chi connectivity index (χ2v) is 4.29. The first kappa shape index (κ1) is 10.5. The monoisotopic (exact) mass is 205 g/mol. The van der Waals surface area contributed by atoms with Gasteiger partial charge in [0.2, 0.25) is 0 Å². The Kier molecular flexibility index (Phi) is 3.27. The Morgan fingerprint density at radius 2 is 2.33 bits per heavy atom. The third kappa shape index (κ3) is 2.32. The van der Waals surface area contributed by atoms with Crippen LogP contribution in [0.25, 0.3) is 0 Å². The zero-order valence-electron chi connectivity index (χ0n) is 9.29. The fourth-order valence-electron chi connectivity index (χ4n) is 2.28. The van der Waals surface area contributed by atoms with Crippen LogP contribution in [0.2, 0.25) is 0 Å². The Bertz CT molecular complexity index is 329. The van der Waals surface area contributed by atoms with Crippen molar-refractivity contribution in [1.82, 2.24) is 5.32 Å². The van der Waals surface area contributed by atoms with Crippen LogP contribution in [-0.2, 0) is 6.42 Å². The van der Waals surface area contributed by atoms with Gasteiger partial charge in [-0.1, -0.05) is 25.5 Å². The van der Waals surface area contributed by atoms with Gasteiger partial charge in [-0.25, -0.2) is 0 Å². The molecule has 2 heteroatoms. The van der Waals surface area contributed by atoms with E-state index in [1.165, 1.54) is 12.0 Å². The quantitative estimate of drug-likeness (QED) is 0.795. The third-order valence-corrected chi connectivity index (χ3v) is 3.07. The minimum absolute atomic E-state index is 0.363.